The van der Waals surface area contributed by atoms with Gasteiger partial charge in [-0.25, -0.2) is 0 Å². The van der Waals surface area contributed by atoms with Crippen LogP contribution in [0.15, 0.2) is 0 Å². The molecule has 0 unspecified atom stereocenters. The standard InChI is InChI=1S/C26H52O2.C6H10O4S/c1-2-3-4-5-6-7-8-9-10-11-12-13-14-15-16-17-20-26(24-28)21-18-25(23-27)19-22-26;7-5(8)1-3-11-4-2-6(9)10/h25,27-28H,2-24H2,1H3;1-4H2,(H,7,8)(H,9,10). The van der Waals surface area contributed by atoms with Crippen LogP contribution >= 0.6 is 11.8 Å². The van der Waals surface area contributed by atoms with Crippen LogP contribution in [-0.2, 0) is 9.59 Å². The molecule has 0 radical (unpaired) electrons. The van der Waals surface area contributed by atoms with Gasteiger partial charge in [-0.05, 0) is 43.4 Å². The Labute approximate surface area is 244 Å². The number of carboxylic acid groups (broad SMARTS) is 2. The molecule has 0 saturated heterocycles. The minimum absolute atomic E-state index is 0.101. The molecule has 232 valence electrons. The number of hydrogen-bond donors (Lipinski definition) is 4. The maximum absolute atomic E-state index is 9.97. The number of aliphatic hydroxyl groups is 2. The van der Waals surface area contributed by atoms with E-state index in [1.165, 1.54) is 121 Å². The lowest BCUT2D eigenvalue weighted by atomic mass is 9.68. The molecule has 4 N–H and O–H groups in total. The Bertz CT molecular complexity index is 547. The van der Waals surface area contributed by atoms with Gasteiger partial charge in [-0.15, -0.1) is 0 Å². The average molecular weight is 575 g/mol. The first kappa shape index (κ1) is 38.2. The fourth-order valence-corrected chi connectivity index (χ4v) is 6.27. The molecule has 0 aromatic carbocycles. The second-order valence-electron chi connectivity index (χ2n) is 11.7. The van der Waals surface area contributed by atoms with Crippen molar-refractivity contribution in [2.75, 3.05) is 24.7 Å². The Hall–Kier alpha value is -0.790. The summed E-state index contributed by atoms with van der Waals surface area (Å²) in [5.74, 6) is -0.211. The maximum atomic E-state index is 9.97. The zero-order valence-electron chi connectivity index (χ0n) is 25.2. The van der Waals surface area contributed by atoms with E-state index < -0.39 is 11.9 Å². The highest BCUT2D eigenvalue weighted by Crippen LogP contribution is 2.42. The summed E-state index contributed by atoms with van der Waals surface area (Å²) in [5.41, 5.74) is 0.182. The molecule has 0 aliphatic heterocycles. The lowest BCUT2D eigenvalue weighted by Gasteiger charge is -2.38. The number of aliphatic hydroxyl groups excluding tert-OH is 2. The molecule has 0 atom stereocenters. The van der Waals surface area contributed by atoms with Crippen molar-refractivity contribution in [3.63, 3.8) is 0 Å². The van der Waals surface area contributed by atoms with Gasteiger partial charge in [0.2, 0.25) is 0 Å². The van der Waals surface area contributed by atoms with Crippen LogP contribution in [0.5, 0.6) is 0 Å². The van der Waals surface area contributed by atoms with E-state index in [0.717, 1.165) is 25.7 Å². The number of aliphatic carboxylic acids is 2. The van der Waals surface area contributed by atoms with E-state index >= 15 is 0 Å². The van der Waals surface area contributed by atoms with Crippen molar-refractivity contribution >= 4 is 23.7 Å². The molecule has 6 nitrogen and oxygen atoms in total. The summed E-state index contributed by atoms with van der Waals surface area (Å²) in [5, 5.41) is 35.5. The first-order valence-electron chi connectivity index (χ1n) is 16.1. The quantitative estimate of drug-likeness (QED) is 0.0808. The Morgan fingerprint density at radius 1 is 0.667 bits per heavy atom. The van der Waals surface area contributed by atoms with Gasteiger partial charge in [0.1, 0.15) is 0 Å². The summed E-state index contributed by atoms with van der Waals surface area (Å²) in [7, 11) is 0. The molecule has 1 fully saturated rings. The molecule has 39 heavy (non-hydrogen) atoms. The SMILES string of the molecule is CCCCCCCCCCCCCCCCCCC1(CO)CCC(CO)CC1.O=C(O)CCSCCC(=O)O. The molecule has 1 rings (SSSR count). The van der Waals surface area contributed by atoms with E-state index in [0.29, 0.717) is 30.6 Å². The van der Waals surface area contributed by atoms with Gasteiger partial charge in [0.15, 0.2) is 0 Å². The van der Waals surface area contributed by atoms with Gasteiger partial charge in [-0.1, -0.05) is 110 Å². The normalized spacial score (nSPS) is 18.9. The van der Waals surface area contributed by atoms with Crippen LogP contribution < -0.4 is 0 Å². The minimum atomic E-state index is -0.840. The first-order chi connectivity index (χ1) is 18.9. The van der Waals surface area contributed by atoms with Gasteiger partial charge in [0.05, 0.1) is 12.8 Å². The van der Waals surface area contributed by atoms with Gasteiger partial charge in [0, 0.05) is 24.7 Å². The molecule has 0 aromatic rings. The van der Waals surface area contributed by atoms with E-state index in [2.05, 4.69) is 6.92 Å². The van der Waals surface area contributed by atoms with Crippen molar-refractivity contribution < 1.29 is 30.0 Å². The minimum Gasteiger partial charge on any atom is -0.481 e. The van der Waals surface area contributed by atoms with Gasteiger partial charge in [-0.3, -0.25) is 9.59 Å². The van der Waals surface area contributed by atoms with Crippen molar-refractivity contribution in [2.24, 2.45) is 11.3 Å². The van der Waals surface area contributed by atoms with Crippen LogP contribution in [0.2, 0.25) is 0 Å². The van der Waals surface area contributed by atoms with E-state index in [4.69, 9.17) is 10.2 Å². The average Bonchev–Trinajstić information content (AvgIpc) is 2.93. The molecular weight excluding hydrogens is 512 g/mol. The van der Waals surface area contributed by atoms with E-state index in [1.54, 1.807) is 0 Å². The van der Waals surface area contributed by atoms with Gasteiger partial charge >= 0.3 is 11.9 Å². The number of rotatable bonds is 25. The van der Waals surface area contributed by atoms with E-state index in [1.807, 2.05) is 0 Å². The summed E-state index contributed by atoms with van der Waals surface area (Å²) >= 11 is 1.35. The van der Waals surface area contributed by atoms with Gasteiger partial charge in [-0.2, -0.15) is 11.8 Å². The monoisotopic (exact) mass is 574 g/mol. The molecule has 0 spiro atoms. The number of unbranched alkanes of at least 4 members (excludes halogenated alkanes) is 15. The van der Waals surface area contributed by atoms with Crippen LogP contribution in [0.1, 0.15) is 155 Å². The second kappa shape index (κ2) is 27.4. The van der Waals surface area contributed by atoms with E-state index in [-0.39, 0.29) is 18.3 Å². The van der Waals surface area contributed by atoms with E-state index in [9.17, 15) is 19.8 Å². The Kier molecular flexibility index (Phi) is 26.8. The predicted molar refractivity (Wildman–Crippen MR) is 165 cm³/mol. The lowest BCUT2D eigenvalue weighted by Crippen LogP contribution is -2.32. The summed E-state index contributed by atoms with van der Waals surface area (Å²) in [4.78, 5) is 19.9. The largest absolute Gasteiger partial charge is 0.481 e. The molecular formula is C32H62O6S. The fraction of sp³-hybridized carbons (Fsp3) is 0.938. The predicted octanol–water partition coefficient (Wildman–Crippen LogP) is 8.47. The molecule has 1 aliphatic carbocycles. The highest BCUT2D eigenvalue weighted by atomic mass is 32.2. The zero-order valence-corrected chi connectivity index (χ0v) is 26.0. The topological polar surface area (TPSA) is 115 Å². The van der Waals surface area contributed by atoms with Gasteiger partial charge in [0.25, 0.3) is 0 Å². The van der Waals surface area contributed by atoms with Crippen molar-refractivity contribution in [1.82, 2.24) is 0 Å². The summed E-state index contributed by atoms with van der Waals surface area (Å²) in [6, 6.07) is 0. The second-order valence-corrected chi connectivity index (χ2v) is 13.0. The Balaban J connectivity index is 0.00000110. The van der Waals surface area contributed by atoms with Crippen molar-refractivity contribution in [1.29, 1.82) is 0 Å². The van der Waals surface area contributed by atoms with Crippen LogP contribution in [0.3, 0.4) is 0 Å². The third-order valence-electron chi connectivity index (χ3n) is 8.24. The number of hydrogen-bond acceptors (Lipinski definition) is 5. The van der Waals surface area contributed by atoms with Crippen LogP contribution in [0, 0.1) is 11.3 Å². The van der Waals surface area contributed by atoms with Crippen LogP contribution in [0.4, 0.5) is 0 Å². The highest BCUT2D eigenvalue weighted by molar-refractivity contribution is 7.99. The van der Waals surface area contributed by atoms with Crippen molar-refractivity contribution in [3.8, 4) is 0 Å². The molecule has 7 heteroatoms. The summed E-state index contributed by atoms with van der Waals surface area (Å²) in [6.07, 6.45) is 28.5. The third kappa shape index (κ3) is 24.7. The molecule has 0 heterocycles. The number of thioether (sulfide) groups is 1. The highest BCUT2D eigenvalue weighted by Gasteiger charge is 2.33. The molecule has 0 amide bonds. The first-order valence-corrected chi connectivity index (χ1v) is 17.3. The van der Waals surface area contributed by atoms with Gasteiger partial charge < -0.3 is 20.4 Å². The summed E-state index contributed by atoms with van der Waals surface area (Å²) in [6.45, 7) is 2.97. The molecule has 1 saturated carbocycles. The molecule has 0 bridgehead atoms. The third-order valence-corrected chi connectivity index (χ3v) is 9.23. The van der Waals surface area contributed by atoms with Crippen molar-refractivity contribution in [2.45, 2.75) is 155 Å². The smallest absolute Gasteiger partial charge is 0.304 e. The zero-order chi connectivity index (χ0) is 29.0. The van der Waals surface area contributed by atoms with Crippen molar-refractivity contribution in [3.05, 3.63) is 0 Å². The Morgan fingerprint density at radius 2 is 1.05 bits per heavy atom. The Morgan fingerprint density at radius 3 is 1.38 bits per heavy atom. The lowest BCUT2D eigenvalue weighted by molar-refractivity contribution is -0.137. The van der Waals surface area contributed by atoms with Crippen LogP contribution in [-0.4, -0.2) is 57.1 Å². The molecule has 0 aromatic heterocycles. The number of carboxylic acids is 2. The van der Waals surface area contributed by atoms with Crippen LogP contribution in [0.25, 0.3) is 0 Å². The maximum Gasteiger partial charge on any atom is 0.304 e. The fourth-order valence-electron chi connectivity index (χ4n) is 5.43. The summed E-state index contributed by atoms with van der Waals surface area (Å²) < 4.78 is 0. The number of carbonyl (C=O) groups is 2. The molecule has 1 aliphatic rings.